The van der Waals surface area contributed by atoms with E-state index in [4.69, 9.17) is 4.74 Å². The molecular formula is C14H22N4O4S. The molecular weight excluding hydrogens is 320 g/mol. The van der Waals surface area contributed by atoms with Crippen LogP contribution in [0.5, 0.6) is 5.88 Å². The van der Waals surface area contributed by atoms with E-state index in [1.165, 1.54) is 4.31 Å². The zero-order valence-corrected chi connectivity index (χ0v) is 14.3. The lowest BCUT2D eigenvalue weighted by atomic mass is 10.2. The lowest BCUT2D eigenvalue weighted by Crippen LogP contribution is -2.51. The minimum Gasteiger partial charge on any atom is -0.478 e. The number of ether oxygens (including phenoxy) is 1. The highest BCUT2D eigenvalue weighted by atomic mass is 32.2. The quantitative estimate of drug-likeness (QED) is 0.777. The van der Waals surface area contributed by atoms with Gasteiger partial charge in [-0.2, -0.15) is 9.40 Å². The Morgan fingerprint density at radius 3 is 2.52 bits per heavy atom. The van der Waals surface area contributed by atoms with Crippen LogP contribution in [-0.2, 0) is 16.6 Å². The van der Waals surface area contributed by atoms with Crippen LogP contribution in [0.4, 0.5) is 0 Å². The van der Waals surface area contributed by atoms with Crippen LogP contribution in [0.15, 0.2) is 0 Å². The lowest BCUT2D eigenvalue weighted by Gasteiger charge is -2.33. The van der Waals surface area contributed by atoms with Crippen LogP contribution in [0.2, 0.25) is 0 Å². The first-order valence-corrected chi connectivity index (χ1v) is 9.52. The lowest BCUT2D eigenvalue weighted by molar-refractivity contribution is 0.0690. The molecule has 3 rings (SSSR count). The Morgan fingerprint density at radius 1 is 1.22 bits per heavy atom. The van der Waals surface area contributed by atoms with Crippen molar-refractivity contribution in [1.29, 1.82) is 0 Å². The second kappa shape index (κ2) is 6.12. The van der Waals surface area contributed by atoms with Gasteiger partial charge in [0.1, 0.15) is 0 Å². The highest BCUT2D eigenvalue weighted by Crippen LogP contribution is 2.26. The van der Waals surface area contributed by atoms with Crippen LogP contribution in [0.3, 0.4) is 0 Å². The summed E-state index contributed by atoms with van der Waals surface area (Å²) in [5.74, 6) is 0.610. The van der Waals surface area contributed by atoms with E-state index in [1.54, 1.807) is 16.5 Å². The Labute approximate surface area is 136 Å². The van der Waals surface area contributed by atoms with Gasteiger partial charge in [0.25, 0.3) is 5.91 Å². The van der Waals surface area contributed by atoms with Gasteiger partial charge in [-0.05, 0) is 13.8 Å². The molecule has 1 fully saturated rings. The zero-order chi connectivity index (χ0) is 16.6. The van der Waals surface area contributed by atoms with Gasteiger partial charge in [-0.1, -0.05) is 0 Å². The Hall–Kier alpha value is -1.61. The molecule has 2 aliphatic rings. The molecule has 1 aromatic heterocycles. The minimum atomic E-state index is -3.19. The maximum Gasteiger partial charge on any atom is 0.274 e. The van der Waals surface area contributed by atoms with E-state index in [2.05, 4.69) is 5.10 Å². The third-order valence-electron chi connectivity index (χ3n) is 4.37. The molecule has 8 nitrogen and oxygen atoms in total. The smallest absolute Gasteiger partial charge is 0.274 e. The van der Waals surface area contributed by atoms with Crippen molar-refractivity contribution in [2.24, 2.45) is 0 Å². The van der Waals surface area contributed by atoms with E-state index in [1.807, 2.05) is 6.92 Å². The fourth-order valence-electron chi connectivity index (χ4n) is 2.96. The van der Waals surface area contributed by atoms with E-state index in [0.29, 0.717) is 44.4 Å². The largest absolute Gasteiger partial charge is 0.478 e. The van der Waals surface area contributed by atoms with Crippen molar-refractivity contribution in [2.45, 2.75) is 26.8 Å². The molecule has 0 N–H and O–H groups in total. The molecule has 1 amide bonds. The summed E-state index contributed by atoms with van der Waals surface area (Å²) in [7, 11) is -3.19. The fourth-order valence-corrected chi connectivity index (χ4v) is 4.04. The number of aryl methyl sites for hydroxylation is 1. The third kappa shape index (κ3) is 2.94. The summed E-state index contributed by atoms with van der Waals surface area (Å²) in [5, 5.41) is 4.38. The van der Waals surface area contributed by atoms with Gasteiger partial charge in [0.05, 0.1) is 12.4 Å². The molecule has 0 spiro atoms. The number of sulfonamides is 1. The molecule has 2 aliphatic heterocycles. The Kier molecular flexibility index (Phi) is 4.33. The van der Waals surface area contributed by atoms with Gasteiger partial charge in [-0.3, -0.25) is 4.79 Å². The number of carbonyl (C=O) groups is 1. The third-order valence-corrected chi connectivity index (χ3v) is 6.25. The highest BCUT2D eigenvalue weighted by Gasteiger charge is 2.31. The average molecular weight is 342 g/mol. The Morgan fingerprint density at radius 2 is 1.91 bits per heavy atom. The van der Waals surface area contributed by atoms with E-state index in [-0.39, 0.29) is 11.7 Å². The van der Waals surface area contributed by atoms with Gasteiger partial charge in [-0.25, -0.2) is 13.1 Å². The molecule has 23 heavy (non-hydrogen) atoms. The fraction of sp³-hybridized carbons (Fsp3) is 0.714. The van der Waals surface area contributed by atoms with Crippen LogP contribution in [-0.4, -0.2) is 71.8 Å². The summed E-state index contributed by atoms with van der Waals surface area (Å²) >= 11 is 0. The number of piperazine rings is 1. The van der Waals surface area contributed by atoms with Crippen molar-refractivity contribution >= 4 is 15.9 Å². The zero-order valence-electron chi connectivity index (χ0n) is 13.5. The number of fused-ring (bicyclic) bond motifs is 1. The monoisotopic (exact) mass is 342 g/mol. The van der Waals surface area contributed by atoms with Crippen molar-refractivity contribution < 1.29 is 17.9 Å². The van der Waals surface area contributed by atoms with Gasteiger partial charge < -0.3 is 9.64 Å². The van der Waals surface area contributed by atoms with Gasteiger partial charge in [-0.15, -0.1) is 0 Å². The number of carbonyl (C=O) groups excluding carboxylic acids is 1. The number of rotatable bonds is 3. The predicted molar refractivity (Wildman–Crippen MR) is 84.0 cm³/mol. The minimum absolute atomic E-state index is 0.0885. The first-order valence-electron chi connectivity index (χ1n) is 7.91. The molecule has 0 saturated carbocycles. The SMILES string of the molecule is CCS(=O)(=O)N1CCN(C(=O)c2nn3c(c2C)OCCC3)CC1. The van der Waals surface area contributed by atoms with E-state index in [0.717, 1.165) is 18.5 Å². The molecule has 0 atom stereocenters. The summed E-state index contributed by atoms with van der Waals surface area (Å²) in [6.07, 6.45) is 0.884. The number of hydrogen-bond acceptors (Lipinski definition) is 5. The van der Waals surface area contributed by atoms with Crippen LogP contribution in [0.25, 0.3) is 0 Å². The standard InChI is InChI=1S/C14H22N4O4S/c1-3-23(20,21)17-8-6-16(7-9-17)13(19)12-11(2)14-18(15-12)5-4-10-22-14/h3-10H2,1-2H3. The van der Waals surface area contributed by atoms with Crippen LogP contribution in [0, 0.1) is 6.92 Å². The van der Waals surface area contributed by atoms with Gasteiger partial charge in [0.15, 0.2) is 5.69 Å². The molecule has 9 heteroatoms. The summed E-state index contributed by atoms with van der Waals surface area (Å²) in [5.41, 5.74) is 1.17. The number of amides is 1. The van der Waals surface area contributed by atoms with E-state index >= 15 is 0 Å². The Bertz CT molecular complexity index is 705. The van der Waals surface area contributed by atoms with Crippen LogP contribution < -0.4 is 4.74 Å². The molecule has 128 valence electrons. The second-order valence-electron chi connectivity index (χ2n) is 5.80. The number of aromatic nitrogens is 2. The average Bonchev–Trinajstić information content (AvgIpc) is 2.91. The molecule has 1 saturated heterocycles. The Balaban J connectivity index is 1.72. The van der Waals surface area contributed by atoms with Crippen molar-refractivity contribution in [3.8, 4) is 5.88 Å². The summed E-state index contributed by atoms with van der Waals surface area (Å²) in [6, 6.07) is 0. The van der Waals surface area contributed by atoms with Crippen molar-refractivity contribution in [3.63, 3.8) is 0 Å². The molecule has 0 radical (unpaired) electrons. The summed E-state index contributed by atoms with van der Waals surface area (Å²) in [6.45, 7) is 6.33. The topological polar surface area (TPSA) is 84.7 Å². The number of nitrogens with zero attached hydrogens (tertiary/aromatic N) is 4. The maximum absolute atomic E-state index is 12.7. The first-order chi connectivity index (χ1) is 10.9. The molecule has 3 heterocycles. The van der Waals surface area contributed by atoms with Crippen LogP contribution in [0.1, 0.15) is 29.4 Å². The van der Waals surface area contributed by atoms with Crippen molar-refractivity contribution in [3.05, 3.63) is 11.3 Å². The summed E-state index contributed by atoms with van der Waals surface area (Å²) in [4.78, 5) is 14.4. The van der Waals surface area contributed by atoms with Crippen molar-refractivity contribution in [2.75, 3.05) is 38.5 Å². The molecule has 1 aromatic rings. The van der Waals surface area contributed by atoms with Gasteiger partial charge in [0.2, 0.25) is 15.9 Å². The molecule has 0 aromatic carbocycles. The first kappa shape index (κ1) is 16.3. The predicted octanol–water partition coefficient (Wildman–Crippen LogP) is 0.0815. The van der Waals surface area contributed by atoms with E-state index in [9.17, 15) is 13.2 Å². The van der Waals surface area contributed by atoms with Crippen molar-refractivity contribution in [1.82, 2.24) is 19.0 Å². The normalized spacial score (nSPS) is 19.3. The summed E-state index contributed by atoms with van der Waals surface area (Å²) < 4.78 is 32.5. The van der Waals surface area contributed by atoms with E-state index < -0.39 is 10.0 Å². The molecule has 0 unspecified atom stereocenters. The maximum atomic E-state index is 12.7. The highest BCUT2D eigenvalue weighted by molar-refractivity contribution is 7.89. The van der Waals surface area contributed by atoms with Crippen LogP contribution >= 0.6 is 0 Å². The van der Waals surface area contributed by atoms with Gasteiger partial charge >= 0.3 is 0 Å². The van der Waals surface area contributed by atoms with Gasteiger partial charge in [0, 0.05) is 44.7 Å². The second-order valence-corrected chi connectivity index (χ2v) is 8.05. The number of hydrogen-bond donors (Lipinski definition) is 0. The molecule has 0 bridgehead atoms. The molecule has 0 aliphatic carbocycles.